The first-order chi connectivity index (χ1) is 8.22. The maximum atomic E-state index is 5.62. The number of nitrogens with zero attached hydrogens (tertiary/aromatic N) is 3. The van der Waals surface area contributed by atoms with E-state index in [2.05, 4.69) is 28.7 Å². The number of para-hydroxylation sites is 1. The van der Waals surface area contributed by atoms with Gasteiger partial charge in [-0.1, -0.05) is 18.2 Å². The molecule has 0 atom stereocenters. The minimum Gasteiger partial charge on any atom is -0.337 e. The first kappa shape index (κ1) is 11.8. The van der Waals surface area contributed by atoms with Crippen molar-refractivity contribution in [1.29, 1.82) is 0 Å². The molecule has 0 aliphatic heterocycles. The van der Waals surface area contributed by atoms with E-state index >= 15 is 0 Å². The molecule has 2 N–H and O–H groups in total. The molecule has 0 aliphatic rings. The summed E-state index contributed by atoms with van der Waals surface area (Å²) < 4.78 is 0. The number of nitrogens with two attached hydrogens (primary N) is 1. The first-order valence-electron chi connectivity index (χ1n) is 5.91. The van der Waals surface area contributed by atoms with Crippen LogP contribution in [0.1, 0.15) is 13.8 Å². The van der Waals surface area contributed by atoms with Crippen LogP contribution in [0.4, 0.5) is 5.95 Å². The van der Waals surface area contributed by atoms with E-state index < -0.39 is 0 Å². The van der Waals surface area contributed by atoms with Crippen molar-refractivity contribution in [3.63, 3.8) is 0 Å². The van der Waals surface area contributed by atoms with Crippen molar-refractivity contribution in [3.8, 4) is 0 Å². The number of hydrogen-bond acceptors (Lipinski definition) is 4. The highest BCUT2D eigenvalue weighted by Gasteiger charge is 2.12. The largest absolute Gasteiger partial charge is 0.337 e. The van der Waals surface area contributed by atoms with Gasteiger partial charge in [0.05, 0.1) is 5.52 Å². The van der Waals surface area contributed by atoms with Crippen LogP contribution in [0.25, 0.3) is 10.9 Å². The molecule has 0 saturated heterocycles. The molecule has 1 aromatic carbocycles. The summed E-state index contributed by atoms with van der Waals surface area (Å²) in [6.45, 7) is 5.62. The molecule has 0 unspecified atom stereocenters. The molecular weight excluding hydrogens is 212 g/mol. The zero-order chi connectivity index (χ0) is 12.3. The molecule has 2 rings (SSSR count). The van der Waals surface area contributed by atoms with Crippen molar-refractivity contribution in [2.75, 3.05) is 18.0 Å². The van der Waals surface area contributed by atoms with Crippen LogP contribution in [0.5, 0.6) is 0 Å². The van der Waals surface area contributed by atoms with Crippen LogP contribution in [0.3, 0.4) is 0 Å². The molecule has 90 valence electrons. The van der Waals surface area contributed by atoms with Gasteiger partial charge in [-0.05, 0) is 19.9 Å². The average molecular weight is 230 g/mol. The van der Waals surface area contributed by atoms with E-state index in [0.717, 1.165) is 23.4 Å². The van der Waals surface area contributed by atoms with Gasteiger partial charge in [0.2, 0.25) is 5.95 Å². The van der Waals surface area contributed by atoms with E-state index in [1.807, 2.05) is 30.5 Å². The summed E-state index contributed by atoms with van der Waals surface area (Å²) in [6.07, 6.45) is 1.86. The fraction of sp³-hybridized carbons (Fsp3) is 0.385. The predicted molar refractivity (Wildman–Crippen MR) is 71.1 cm³/mol. The van der Waals surface area contributed by atoms with E-state index in [1.54, 1.807) is 0 Å². The number of fused-ring (bicyclic) bond motifs is 1. The summed E-state index contributed by atoms with van der Waals surface area (Å²) in [5, 5.41) is 1.06. The van der Waals surface area contributed by atoms with E-state index in [0.29, 0.717) is 12.6 Å². The van der Waals surface area contributed by atoms with Gasteiger partial charge >= 0.3 is 0 Å². The summed E-state index contributed by atoms with van der Waals surface area (Å²) in [5.74, 6) is 0.754. The molecule has 0 saturated carbocycles. The zero-order valence-electron chi connectivity index (χ0n) is 10.3. The molecule has 1 aromatic heterocycles. The van der Waals surface area contributed by atoms with Gasteiger partial charge < -0.3 is 10.6 Å². The van der Waals surface area contributed by atoms with E-state index in [-0.39, 0.29) is 0 Å². The summed E-state index contributed by atoms with van der Waals surface area (Å²) in [7, 11) is 0. The number of benzene rings is 1. The second kappa shape index (κ2) is 5.10. The van der Waals surface area contributed by atoms with Gasteiger partial charge in [0, 0.05) is 30.7 Å². The highest BCUT2D eigenvalue weighted by molar-refractivity contribution is 5.78. The fourth-order valence-electron chi connectivity index (χ4n) is 1.83. The Kier molecular flexibility index (Phi) is 3.54. The summed E-state index contributed by atoms with van der Waals surface area (Å²) in [4.78, 5) is 11.1. The van der Waals surface area contributed by atoms with Gasteiger partial charge in [0.15, 0.2) is 0 Å². The predicted octanol–water partition coefficient (Wildman–Crippen LogP) is 1.80. The van der Waals surface area contributed by atoms with Crippen molar-refractivity contribution >= 4 is 16.9 Å². The molecule has 0 bridgehead atoms. The zero-order valence-corrected chi connectivity index (χ0v) is 10.3. The van der Waals surface area contributed by atoms with Crippen molar-refractivity contribution in [3.05, 3.63) is 30.5 Å². The minimum absolute atomic E-state index is 0.347. The molecular formula is C13H18N4. The Morgan fingerprint density at radius 1 is 1.29 bits per heavy atom. The maximum absolute atomic E-state index is 5.62. The Bertz CT molecular complexity index is 495. The Morgan fingerprint density at radius 2 is 2.06 bits per heavy atom. The summed E-state index contributed by atoms with van der Waals surface area (Å²) in [5.41, 5.74) is 6.59. The number of hydrogen-bond donors (Lipinski definition) is 1. The molecule has 2 aromatic rings. The lowest BCUT2D eigenvalue weighted by atomic mass is 10.2. The Morgan fingerprint density at radius 3 is 2.76 bits per heavy atom. The molecule has 4 heteroatoms. The van der Waals surface area contributed by atoms with Crippen LogP contribution in [0, 0.1) is 0 Å². The maximum Gasteiger partial charge on any atom is 0.226 e. The average Bonchev–Trinajstić information content (AvgIpc) is 2.35. The quantitative estimate of drug-likeness (QED) is 0.870. The molecule has 0 aliphatic carbocycles. The number of aromatic nitrogens is 2. The molecule has 0 spiro atoms. The van der Waals surface area contributed by atoms with Gasteiger partial charge in [0.1, 0.15) is 0 Å². The monoisotopic (exact) mass is 230 g/mol. The third-order valence-corrected chi connectivity index (χ3v) is 2.73. The minimum atomic E-state index is 0.347. The van der Waals surface area contributed by atoms with Crippen LogP contribution in [-0.4, -0.2) is 29.1 Å². The van der Waals surface area contributed by atoms with Crippen molar-refractivity contribution < 1.29 is 0 Å². The van der Waals surface area contributed by atoms with E-state index in [1.165, 1.54) is 0 Å². The third-order valence-electron chi connectivity index (χ3n) is 2.73. The van der Waals surface area contributed by atoms with E-state index in [9.17, 15) is 0 Å². The molecule has 4 nitrogen and oxygen atoms in total. The molecule has 17 heavy (non-hydrogen) atoms. The van der Waals surface area contributed by atoms with Crippen LogP contribution < -0.4 is 10.6 Å². The van der Waals surface area contributed by atoms with Crippen LogP contribution in [0.2, 0.25) is 0 Å². The number of anilines is 1. The van der Waals surface area contributed by atoms with Gasteiger partial charge in [-0.3, -0.25) is 0 Å². The van der Waals surface area contributed by atoms with Crippen molar-refractivity contribution in [1.82, 2.24) is 9.97 Å². The molecule has 1 heterocycles. The highest BCUT2D eigenvalue weighted by atomic mass is 15.3. The first-order valence-corrected chi connectivity index (χ1v) is 5.91. The van der Waals surface area contributed by atoms with Gasteiger partial charge in [0.25, 0.3) is 0 Å². The molecule has 0 amide bonds. The van der Waals surface area contributed by atoms with Gasteiger partial charge in [-0.15, -0.1) is 0 Å². The lowest BCUT2D eigenvalue weighted by Crippen LogP contribution is -2.36. The van der Waals surface area contributed by atoms with Gasteiger partial charge in [-0.25, -0.2) is 9.97 Å². The smallest absolute Gasteiger partial charge is 0.226 e. The Labute approximate surface area is 101 Å². The van der Waals surface area contributed by atoms with Crippen molar-refractivity contribution in [2.45, 2.75) is 19.9 Å². The summed E-state index contributed by atoms with van der Waals surface area (Å²) in [6, 6.07) is 8.34. The highest BCUT2D eigenvalue weighted by Crippen LogP contribution is 2.16. The Balaban J connectivity index is 2.40. The van der Waals surface area contributed by atoms with Crippen LogP contribution in [0.15, 0.2) is 30.5 Å². The Hall–Kier alpha value is -1.68. The topological polar surface area (TPSA) is 55.0 Å². The number of rotatable bonds is 4. The summed E-state index contributed by atoms with van der Waals surface area (Å²) >= 11 is 0. The normalized spacial score (nSPS) is 11.1. The second-order valence-corrected chi connectivity index (χ2v) is 4.30. The fourth-order valence-corrected chi connectivity index (χ4v) is 1.83. The lowest BCUT2D eigenvalue weighted by Gasteiger charge is -2.26. The third kappa shape index (κ3) is 2.53. The molecule has 0 fully saturated rings. The SMILES string of the molecule is CC(C)N(CCN)c1ncc2ccccc2n1. The standard InChI is InChI=1S/C13H18N4/c1-10(2)17(8-7-14)13-15-9-11-5-3-4-6-12(11)16-13/h3-6,9-10H,7-8,14H2,1-2H3. The van der Waals surface area contributed by atoms with Crippen LogP contribution >= 0.6 is 0 Å². The van der Waals surface area contributed by atoms with Gasteiger partial charge in [-0.2, -0.15) is 0 Å². The van der Waals surface area contributed by atoms with E-state index in [4.69, 9.17) is 5.73 Å². The molecule has 0 radical (unpaired) electrons. The van der Waals surface area contributed by atoms with Crippen molar-refractivity contribution in [2.24, 2.45) is 5.73 Å². The second-order valence-electron chi connectivity index (χ2n) is 4.30. The lowest BCUT2D eigenvalue weighted by molar-refractivity contribution is 0.665. The van der Waals surface area contributed by atoms with Crippen LogP contribution in [-0.2, 0) is 0 Å².